The molecule has 1 aromatic carbocycles. The molecule has 1 aliphatic rings. The molecule has 2 unspecified atom stereocenters. The van der Waals surface area contributed by atoms with Gasteiger partial charge in [0.15, 0.2) is 0 Å². The molecule has 0 saturated heterocycles. The highest BCUT2D eigenvalue weighted by atomic mass is 35.5. The van der Waals surface area contributed by atoms with E-state index in [9.17, 15) is 5.11 Å². The fraction of sp³-hybridized carbons (Fsp3) is 0.400. The van der Waals surface area contributed by atoms with E-state index in [1.165, 1.54) is 6.42 Å². The SMILES string of the molecule is Oc1cccc(Cl)c1CNC1CCCC1n1ccnc1. The van der Waals surface area contributed by atoms with E-state index >= 15 is 0 Å². The molecule has 1 saturated carbocycles. The average molecular weight is 292 g/mol. The maximum absolute atomic E-state index is 9.88. The Bertz CT molecular complexity index is 550. The predicted octanol–water partition coefficient (Wildman–Crippen LogP) is 3.13. The number of phenolic OH excluding ortho intramolecular Hbond substituents is 1. The zero-order valence-corrected chi connectivity index (χ0v) is 11.9. The van der Waals surface area contributed by atoms with Crippen molar-refractivity contribution in [2.24, 2.45) is 0 Å². The number of aromatic hydroxyl groups is 1. The van der Waals surface area contributed by atoms with Gasteiger partial charge in [0, 0.05) is 41.6 Å². The first-order valence-corrected chi connectivity index (χ1v) is 7.30. The molecule has 2 aromatic rings. The number of rotatable bonds is 4. The third-order valence-corrected chi connectivity index (χ3v) is 4.38. The van der Waals surface area contributed by atoms with Gasteiger partial charge in [0.05, 0.1) is 6.33 Å². The summed E-state index contributed by atoms with van der Waals surface area (Å²) in [7, 11) is 0. The predicted molar refractivity (Wildman–Crippen MR) is 78.9 cm³/mol. The van der Waals surface area contributed by atoms with Crippen LogP contribution in [0.4, 0.5) is 0 Å². The van der Waals surface area contributed by atoms with E-state index in [0.29, 0.717) is 23.7 Å². The van der Waals surface area contributed by atoms with Crippen molar-refractivity contribution in [2.45, 2.75) is 37.9 Å². The van der Waals surface area contributed by atoms with Crippen LogP contribution in [-0.4, -0.2) is 20.7 Å². The lowest BCUT2D eigenvalue weighted by molar-refractivity contribution is 0.386. The lowest BCUT2D eigenvalue weighted by atomic mass is 10.1. The van der Waals surface area contributed by atoms with Crippen LogP contribution in [0.3, 0.4) is 0 Å². The molecular weight excluding hydrogens is 274 g/mol. The van der Waals surface area contributed by atoms with Crippen molar-refractivity contribution in [3.63, 3.8) is 0 Å². The van der Waals surface area contributed by atoms with Crippen LogP contribution < -0.4 is 5.32 Å². The Morgan fingerprint density at radius 1 is 1.40 bits per heavy atom. The first-order valence-electron chi connectivity index (χ1n) is 6.93. The van der Waals surface area contributed by atoms with E-state index in [1.807, 2.05) is 18.7 Å². The molecule has 2 atom stereocenters. The summed E-state index contributed by atoms with van der Waals surface area (Å²) in [6, 6.07) is 6.05. The molecule has 1 aromatic heterocycles. The molecule has 1 heterocycles. The van der Waals surface area contributed by atoms with Crippen molar-refractivity contribution in [2.75, 3.05) is 0 Å². The molecule has 1 aliphatic carbocycles. The Balaban J connectivity index is 1.69. The van der Waals surface area contributed by atoms with E-state index < -0.39 is 0 Å². The summed E-state index contributed by atoms with van der Waals surface area (Å²) in [5, 5.41) is 14.0. The Hall–Kier alpha value is -1.52. The van der Waals surface area contributed by atoms with Gasteiger partial charge < -0.3 is 15.0 Å². The van der Waals surface area contributed by atoms with Crippen LogP contribution >= 0.6 is 11.6 Å². The minimum absolute atomic E-state index is 0.252. The molecule has 106 valence electrons. The molecule has 0 amide bonds. The summed E-state index contributed by atoms with van der Waals surface area (Å²) in [5.41, 5.74) is 0.769. The molecule has 4 nitrogen and oxygen atoms in total. The molecule has 0 bridgehead atoms. The van der Waals surface area contributed by atoms with Crippen LogP contribution in [0.25, 0.3) is 0 Å². The second-order valence-corrected chi connectivity index (χ2v) is 5.64. The largest absolute Gasteiger partial charge is 0.508 e. The number of nitrogens with one attached hydrogen (secondary N) is 1. The summed E-state index contributed by atoms with van der Waals surface area (Å²) in [6.07, 6.45) is 9.19. The summed E-state index contributed by atoms with van der Waals surface area (Å²) in [4.78, 5) is 4.12. The van der Waals surface area contributed by atoms with Gasteiger partial charge in [-0.15, -0.1) is 0 Å². The van der Waals surface area contributed by atoms with Gasteiger partial charge in [0.25, 0.3) is 0 Å². The maximum Gasteiger partial charge on any atom is 0.121 e. The summed E-state index contributed by atoms with van der Waals surface area (Å²) in [5.74, 6) is 0.252. The van der Waals surface area contributed by atoms with Crippen LogP contribution in [0.2, 0.25) is 5.02 Å². The lowest BCUT2D eigenvalue weighted by Crippen LogP contribution is -2.33. The normalized spacial score (nSPS) is 22.2. The molecule has 3 rings (SSSR count). The van der Waals surface area contributed by atoms with E-state index in [2.05, 4.69) is 14.9 Å². The van der Waals surface area contributed by atoms with Crippen LogP contribution in [-0.2, 0) is 6.54 Å². The van der Waals surface area contributed by atoms with Crippen LogP contribution in [0, 0.1) is 0 Å². The van der Waals surface area contributed by atoms with Crippen molar-refractivity contribution < 1.29 is 5.11 Å². The van der Waals surface area contributed by atoms with Crippen molar-refractivity contribution >= 4 is 11.6 Å². The van der Waals surface area contributed by atoms with Gasteiger partial charge in [-0.25, -0.2) is 4.98 Å². The van der Waals surface area contributed by atoms with Gasteiger partial charge in [-0.3, -0.25) is 0 Å². The number of benzene rings is 1. The van der Waals surface area contributed by atoms with E-state index in [4.69, 9.17) is 11.6 Å². The van der Waals surface area contributed by atoms with Crippen molar-refractivity contribution in [1.29, 1.82) is 0 Å². The molecule has 0 radical (unpaired) electrons. The Morgan fingerprint density at radius 2 is 2.30 bits per heavy atom. The highest BCUT2D eigenvalue weighted by Crippen LogP contribution is 2.31. The van der Waals surface area contributed by atoms with Crippen LogP contribution in [0.15, 0.2) is 36.9 Å². The van der Waals surface area contributed by atoms with E-state index in [1.54, 1.807) is 18.2 Å². The third-order valence-electron chi connectivity index (χ3n) is 4.02. The molecular formula is C15H18ClN3O. The number of phenols is 1. The van der Waals surface area contributed by atoms with Gasteiger partial charge in [-0.05, 0) is 31.4 Å². The smallest absolute Gasteiger partial charge is 0.121 e. The van der Waals surface area contributed by atoms with Gasteiger partial charge in [0.1, 0.15) is 5.75 Å². The zero-order chi connectivity index (χ0) is 13.9. The van der Waals surface area contributed by atoms with Crippen molar-refractivity contribution in [3.05, 3.63) is 47.5 Å². The number of aromatic nitrogens is 2. The minimum Gasteiger partial charge on any atom is -0.508 e. The van der Waals surface area contributed by atoms with Crippen molar-refractivity contribution in [1.82, 2.24) is 14.9 Å². The fourth-order valence-electron chi connectivity index (χ4n) is 2.96. The topological polar surface area (TPSA) is 50.1 Å². The second kappa shape index (κ2) is 5.85. The molecule has 1 fully saturated rings. The van der Waals surface area contributed by atoms with Gasteiger partial charge in [-0.2, -0.15) is 0 Å². The summed E-state index contributed by atoms with van der Waals surface area (Å²) < 4.78 is 2.16. The lowest BCUT2D eigenvalue weighted by Gasteiger charge is -2.22. The van der Waals surface area contributed by atoms with Gasteiger partial charge in [0.2, 0.25) is 0 Å². The standard InChI is InChI=1S/C15H18ClN3O/c16-12-3-1-6-15(20)11(12)9-18-13-4-2-5-14(13)19-8-7-17-10-19/h1,3,6-8,10,13-14,18,20H,2,4-5,9H2. The minimum atomic E-state index is 0.252. The highest BCUT2D eigenvalue weighted by molar-refractivity contribution is 6.31. The van der Waals surface area contributed by atoms with E-state index in [-0.39, 0.29) is 5.75 Å². The first kappa shape index (κ1) is 13.5. The van der Waals surface area contributed by atoms with Gasteiger partial charge >= 0.3 is 0 Å². The number of nitrogens with zero attached hydrogens (tertiary/aromatic N) is 2. The van der Waals surface area contributed by atoms with Gasteiger partial charge in [-0.1, -0.05) is 17.7 Å². The number of hydrogen-bond donors (Lipinski definition) is 2. The zero-order valence-electron chi connectivity index (χ0n) is 11.2. The van der Waals surface area contributed by atoms with Crippen LogP contribution in [0.1, 0.15) is 30.9 Å². The monoisotopic (exact) mass is 291 g/mol. The molecule has 2 N–H and O–H groups in total. The Labute approximate surface area is 123 Å². The summed E-state index contributed by atoms with van der Waals surface area (Å²) >= 11 is 6.14. The molecule has 0 aliphatic heterocycles. The fourth-order valence-corrected chi connectivity index (χ4v) is 3.19. The van der Waals surface area contributed by atoms with E-state index in [0.717, 1.165) is 18.4 Å². The average Bonchev–Trinajstić information content (AvgIpc) is 3.08. The number of halogens is 1. The highest BCUT2D eigenvalue weighted by Gasteiger charge is 2.28. The molecule has 0 spiro atoms. The maximum atomic E-state index is 9.88. The summed E-state index contributed by atoms with van der Waals surface area (Å²) in [6.45, 7) is 0.585. The van der Waals surface area contributed by atoms with Crippen LogP contribution in [0.5, 0.6) is 5.75 Å². The third kappa shape index (κ3) is 2.67. The molecule has 5 heteroatoms. The molecule has 20 heavy (non-hydrogen) atoms. The Morgan fingerprint density at radius 3 is 3.05 bits per heavy atom. The Kier molecular flexibility index (Phi) is 3.94. The second-order valence-electron chi connectivity index (χ2n) is 5.23. The number of hydrogen-bond acceptors (Lipinski definition) is 3. The van der Waals surface area contributed by atoms with Crippen molar-refractivity contribution in [3.8, 4) is 5.75 Å². The quantitative estimate of drug-likeness (QED) is 0.910. The first-order chi connectivity index (χ1) is 9.75. The number of imidazole rings is 1.